The summed E-state index contributed by atoms with van der Waals surface area (Å²) < 4.78 is 22.6. The Kier molecular flexibility index (Phi) is 5.94. The third-order valence-corrected chi connectivity index (χ3v) is 4.65. The number of aromatic nitrogens is 1. The molecular formula is C13H19NO5S. The van der Waals surface area contributed by atoms with Gasteiger partial charge in [0, 0.05) is 23.1 Å². The van der Waals surface area contributed by atoms with Gasteiger partial charge in [-0.15, -0.1) is 0 Å². The fourth-order valence-electron chi connectivity index (χ4n) is 1.88. The number of carboxylic acid groups (broad SMARTS) is 1. The number of carboxylic acids is 1. The zero-order chi connectivity index (χ0) is 15.3. The molecule has 0 aromatic carbocycles. The molecule has 0 fully saturated rings. The standard InChI is InChI=1S/C13H19NO5S/c1-8(2)12(13(15)16)20(17)7-9-11(19-4)10(18-3)5-6-14-9/h5-6,8,12H,7H2,1-4H3,(H,15,16). The SMILES string of the molecule is COc1ccnc(CS(=O)C(C(=O)O)C(C)C)c1OC. The molecule has 0 amide bonds. The Labute approximate surface area is 120 Å². The fourth-order valence-corrected chi connectivity index (χ4v) is 3.37. The summed E-state index contributed by atoms with van der Waals surface area (Å²) in [5, 5.41) is 8.21. The Morgan fingerprint density at radius 1 is 1.40 bits per heavy atom. The second-order valence-corrected chi connectivity index (χ2v) is 6.08. The Balaban J connectivity index is 3.04. The summed E-state index contributed by atoms with van der Waals surface area (Å²) in [6, 6.07) is 1.63. The van der Waals surface area contributed by atoms with Crippen LogP contribution in [0.2, 0.25) is 0 Å². The van der Waals surface area contributed by atoms with Crippen molar-refractivity contribution in [2.45, 2.75) is 24.9 Å². The summed E-state index contributed by atoms with van der Waals surface area (Å²) in [4.78, 5) is 15.3. The van der Waals surface area contributed by atoms with Gasteiger partial charge in [-0.25, -0.2) is 0 Å². The minimum atomic E-state index is -1.59. The lowest BCUT2D eigenvalue weighted by Gasteiger charge is -2.17. The van der Waals surface area contributed by atoms with Crippen LogP contribution >= 0.6 is 0 Å². The average molecular weight is 301 g/mol. The van der Waals surface area contributed by atoms with Crippen LogP contribution < -0.4 is 9.47 Å². The highest BCUT2D eigenvalue weighted by Gasteiger charge is 2.29. The third kappa shape index (κ3) is 3.69. The number of methoxy groups -OCH3 is 2. The summed E-state index contributed by atoms with van der Waals surface area (Å²) in [5.41, 5.74) is 0.428. The molecule has 0 aliphatic carbocycles. The van der Waals surface area contributed by atoms with Crippen molar-refractivity contribution < 1.29 is 23.6 Å². The van der Waals surface area contributed by atoms with Crippen LogP contribution in [0.4, 0.5) is 0 Å². The topological polar surface area (TPSA) is 85.7 Å². The van der Waals surface area contributed by atoms with Crippen LogP contribution in [-0.4, -0.2) is 39.7 Å². The number of carbonyl (C=O) groups is 1. The molecule has 6 nitrogen and oxygen atoms in total. The first-order chi connectivity index (χ1) is 9.42. The van der Waals surface area contributed by atoms with Crippen LogP contribution in [0.3, 0.4) is 0 Å². The summed E-state index contributed by atoms with van der Waals surface area (Å²) in [5.74, 6) is -0.428. The molecule has 2 atom stereocenters. The van der Waals surface area contributed by atoms with E-state index in [1.807, 2.05) is 0 Å². The largest absolute Gasteiger partial charge is 0.493 e. The molecule has 0 spiro atoms. The van der Waals surface area contributed by atoms with E-state index in [0.29, 0.717) is 17.2 Å². The van der Waals surface area contributed by atoms with E-state index in [4.69, 9.17) is 14.6 Å². The fraction of sp³-hybridized carbons (Fsp3) is 0.538. The molecule has 0 bridgehead atoms. The smallest absolute Gasteiger partial charge is 0.319 e. The maximum atomic E-state index is 12.3. The molecule has 0 radical (unpaired) electrons. The molecule has 1 rings (SSSR count). The van der Waals surface area contributed by atoms with E-state index in [-0.39, 0.29) is 11.7 Å². The molecular weight excluding hydrogens is 282 g/mol. The van der Waals surface area contributed by atoms with Gasteiger partial charge in [0.25, 0.3) is 0 Å². The highest BCUT2D eigenvalue weighted by atomic mass is 32.2. The van der Waals surface area contributed by atoms with Gasteiger partial charge in [-0.3, -0.25) is 14.0 Å². The first kappa shape index (κ1) is 16.4. The van der Waals surface area contributed by atoms with E-state index in [0.717, 1.165) is 0 Å². The van der Waals surface area contributed by atoms with Gasteiger partial charge >= 0.3 is 5.97 Å². The van der Waals surface area contributed by atoms with Crippen LogP contribution in [0.25, 0.3) is 0 Å². The zero-order valence-corrected chi connectivity index (χ0v) is 12.8. The number of ether oxygens (including phenoxy) is 2. The minimum Gasteiger partial charge on any atom is -0.493 e. The van der Waals surface area contributed by atoms with Crippen molar-refractivity contribution in [1.29, 1.82) is 0 Å². The van der Waals surface area contributed by atoms with Gasteiger partial charge in [-0.1, -0.05) is 13.8 Å². The molecule has 2 unspecified atom stereocenters. The van der Waals surface area contributed by atoms with Crippen molar-refractivity contribution in [2.75, 3.05) is 14.2 Å². The first-order valence-corrected chi connectivity index (χ1v) is 7.46. The van der Waals surface area contributed by atoms with Crippen LogP contribution in [0.15, 0.2) is 12.3 Å². The van der Waals surface area contributed by atoms with Crippen LogP contribution in [0.5, 0.6) is 11.5 Å². The van der Waals surface area contributed by atoms with Gasteiger partial charge in [0.15, 0.2) is 11.5 Å². The van der Waals surface area contributed by atoms with Gasteiger partial charge in [-0.2, -0.15) is 0 Å². The van der Waals surface area contributed by atoms with E-state index in [1.165, 1.54) is 20.4 Å². The molecule has 1 aromatic rings. The monoisotopic (exact) mass is 301 g/mol. The Morgan fingerprint density at radius 2 is 2.05 bits per heavy atom. The lowest BCUT2D eigenvalue weighted by molar-refractivity contribution is -0.137. The number of hydrogen-bond donors (Lipinski definition) is 1. The van der Waals surface area contributed by atoms with Gasteiger partial charge in [-0.05, 0) is 5.92 Å². The van der Waals surface area contributed by atoms with Crippen molar-refractivity contribution in [3.63, 3.8) is 0 Å². The van der Waals surface area contributed by atoms with Crippen molar-refractivity contribution in [1.82, 2.24) is 4.98 Å². The molecule has 0 aliphatic heterocycles. The Morgan fingerprint density at radius 3 is 2.50 bits per heavy atom. The van der Waals surface area contributed by atoms with Crippen LogP contribution in [0.1, 0.15) is 19.5 Å². The molecule has 7 heteroatoms. The quantitative estimate of drug-likeness (QED) is 0.820. The number of aliphatic carboxylic acids is 1. The van der Waals surface area contributed by atoms with E-state index in [2.05, 4.69) is 4.98 Å². The second kappa shape index (κ2) is 7.23. The second-order valence-electron chi connectivity index (χ2n) is 4.52. The number of nitrogens with zero attached hydrogens (tertiary/aromatic N) is 1. The van der Waals surface area contributed by atoms with Crippen LogP contribution in [-0.2, 0) is 21.3 Å². The van der Waals surface area contributed by atoms with E-state index in [1.54, 1.807) is 19.9 Å². The van der Waals surface area contributed by atoms with Gasteiger partial charge in [0.05, 0.1) is 25.7 Å². The molecule has 0 aliphatic rings. The van der Waals surface area contributed by atoms with Crippen molar-refractivity contribution in [3.05, 3.63) is 18.0 Å². The molecule has 1 heterocycles. The summed E-state index contributed by atoms with van der Waals surface area (Å²) in [6.45, 7) is 3.46. The van der Waals surface area contributed by atoms with E-state index >= 15 is 0 Å². The normalized spacial score (nSPS) is 13.8. The number of hydrogen-bond acceptors (Lipinski definition) is 5. The number of rotatable bonds is 7. The number of pyridine rings is 1. The first-order valence-electron chi connectivity index (χ1n) is 6.08. The van der Waals surface area contributed by atoms with Gasteiger partial charge in [0.1, 0.15) is 5.25 Å². The lowest BCUT2D eigenvalue weighted by Crippen LogP contribution is -2.31. The van der Waals surface area contributed by atoms with Gasteiger partial charge in [0.2, 0.25) is 0 Å². The summed E-state index contributed by atoms with van der Waals surface area (Å²) in [6.07, 6.45) is 1.51. The average Bonchev–Trinajstić information content (AvgIpc) is 2.37. The minimum absolute atomic E-state index is 0.00944. The van der Waals surface area contributed by atoms with Crippen molar-refractivity contribution in [3.8, 4) is 11.5 Å². The highest BCUT2D eigenvalue weighted by molar-refractivity contribution is 7.85. The van der Waals surface area contributed by atoms with Crippen molar-refractivity contribution >= 4 is 16.8 Å². The summed E-state index contributed by atoms with van der Waals surface area (Å²) in [7, 11) is 1.37. The van der Waals surface area contributed by atoms with E-state index in [9.17, 15) is 9.00 Å². The van der Waals surface area contributed by atoms with E-state index < -0.39 is 22.0 Å². The summed E-state index contributed by atoms with van der Waals surface area (Å²) >= 11 is 0. The maximum Gasteiger partial charge on any atom is 0.319 e. The predicted octanol–water partition coefficient (Wildman–Crippen LogP) is 1.46. The molecule has 1 N–H and O–H groups in total. The highest BCUT2D eigenvalue weighted by Crippen LogP contribution is 2.30. The Bertz CT molecular complexity index is 504. The van der Waals surface area contributed by atoms with Crippen molar-refractivity contribution in [2.24, 2.45) is 5.92 Å². The molecule has 112 valence electrons. The zero-order valence-electron chi connectivity index (χ0n) is 12.0. The van der Waals surface area contributed by atoms with Gasteiger partial charge < -0.3 is 14.6 Å². The molecule has 1 aromatic heterocycles. The molecule has 0 saturated heterocycles. The maximum absolute atomic E-state index is 12.3. The molecule has 20 heavy (non-hydrogen) atoms. The predicted molar refractivity (Wildman–Crippen MR) is 75.4 cm³/mol. The molecule has 0 saturated carbocycles. The Hall–Kier alpha value is -1.63. The van der Waals surface area contributed by atoms with Crippen LogP contribution in [0, 0.1) is 5.92 Å². The lowest BCUT2D eigenvalue weighted by atomic mass is 10.1. The third-order valence-electron chi connectivity index (χ3n) is 2.78.